The van der Waals surface area contributed by atoms with E-state index in [1.807, 2.05) is 24.3 Å². The van der Waals surface area contributed by atoms with Crippen molar-refractivity contribution in [2.45, 2.75) is 45.4 Å². The molecule has 0 saturated carbocycles. The summed E-state index contributed by atoms with van der Waals surface area (Å²) < 4.78 is 5.74. The molecule has 0 aliphatic heterocycles. The van der Waals surface area contributed by atoms with Gasteiger partial charge in [0.25, 0.3) is 0 Å². The van der Waals surface area contributed by atoms with Crippen molar-refractivity contribution in [3.05, 3.63) is 42.2 Å². The second-order valence-electron chi connectivity index (χ2n) is 5.74. The lowest BCUT2D eigenvalue weighted by molar-refractivity contribution is 0.0696. The van der Waals surface area contributed by atoms with Crippen LogP contribution in [0.5, 0.6) is 5.75 Å². The third-order valence-corrected chi connectivity index (χ3v) is 3.78. The van der Waals surface area contributed by atoms with Crippen LogP contribution in [0.15, 0.2) is 36.7 Å². The second kappa shape index (κ2) is 11.4. The molecular formula is C19H25ClN2O3. The zero-order valence-corrected chi connectivity index (χ0v) is 15.3. The molecule has 2 aromatic rings. The molecule has 0 bridgehead atoms. The Morgan fingerprint density at radius 1 is 1.00 bits per heavy atom. The highest BCUT2D eigenvalue weighted by atomic mass is 35.5. The molecular weight excluding hydrogens is 340 g/mol. The zero-order valence-electron chi connectivity index (χ0n) is 14.5. The van der Waals surface area contributed by atoms with Crippen molar-refractivity contribution in [2.75, 3.05) is 6.61 Å². The molecule has 0 saturated heterocycles. The Morgan fingerprint density at radius 2 is 1.60 bits per heavy atom. The number of aromatic carboxylic acids is 1. The topological polar surface area (TPSA) is 72.3 Å². The van der Waals surface area contributed by atoms with Crippen molar-refractivity contribution < 1.29 is 14.6 Å². The number of carboxylic acids is 1. The Labute approximate surface area is 154 Å². The monoisotopic (exact) mass is 364 g/mol. The summed E-state index contributed by atoms with van der Waals surface area (Å²) in [6.07, 6.45) is 10.1. The van der Waals surface area contributed by atoms with E-state index in [2.05, 4.69) is 16.9 Å². The van der Waals surface area contributed by atoms with Crippen molar-refractivity contribution in [3.8, 4) is 17.1 Å². The molecule has 5 nitrogen and oxygen atoms in total. The summed E-state index contributed by atoms with van der Waals surface area (Å²) in [7, 11) is 0. The van der Waals surface area contributed by atoms with Crippen LogP contribution in [0.3, 0.4) is 0 Å². The van der Waals surface area contributed by atoms with Gasteiger partial charge in [0.1, 0.15) is 5.75 Å². The summed E-state index contributed by atoms with van der Waals surface area (Å²) in [5.41, 5.74) is 0.913. The molecule has 0 amide bonds. The van der Waals surface area contributed by atoms with Gasteiger partial charge in [-0.15, -0.1) is 12.4 Å². The van der Waals surface area contributed by atoms with Crippen molar-refractivity contribution in [1.29, 1.82) is 0 Å². The Morgan fingerprint density at radius 3 is 2.20 bits per heavy atom. The molecule has 1 aromatic carbocycles. The highest BCUT2D eigenvalue weighted by Gasteiger charge is 2.06. The maximum atomic E-state index is 10.8. The number of carboxylic acid groups (broad SMARTS) is 1. The fraction of sp³-hybridized carbons (Fsp3) is 0.421. The van der Waals surface area contributed by atoms with Crippen LogP contribution in [-0.4, -0.2) is 27.7 Å². The third kappa shape index (κ3) is 7.10. The summed E-state index contributed by atoms with van der Waals surface area (Å²) in [5, 5.41) is 8.85. The van der Waals surface area contributed by atoms with Gasteiger partial charge in [0.15, 0.2) is 5.82 Å². The molecule has 25 heavy (non-hydrogen) atoms. The number of ether oxygens (including phenoxy) is 1. The first-order chi connectivity index (χ1) is 11.7. The normalized spacial score (nSPS) is 10.1. The number of halogens is 1. The molecule has 0 fully saturated rings. The highest BCUT2D eigenvalue weighted by Crippen LogP contribution is 2.19. The predicted octanol–water partition coefficient (Wildman–Crippen LogP) is 5.00. The number of rotatable bonds is 10. The standard InChI is InChI=1S/C19H24N2O3.ClH/c1-2-3-4-5-6-7-12-24-17-10-8-15(9-11-17)18-20-13-16(14-21-18)19(22)23;/h8-11,13-14H,2-7,12H2,1H3,(H,22,23);1H. The van der Waals surface area contributed by atoms with Crippen LogP contribution < -0.4 is 4.74 Å². The number of unbranched alkanes of at least 4 members (excludes halogenated alkanes) is 5. The average Bonchev–Trinajstić information content (AvgIpc) is 2.61. The van der Waals surface area contributed by atoms with Gasteiger partial charge in [-0.3, -0.25) is 0 Å². The summed E-state index contributed by atoms with van der Waals surface area (Å²) in [4.78, 5) is 19.0. The van der Waals surface area contributed by atoms with E-state index in [0.29, 0.717) is 5.82 Å². The highest BCUT2D eigenvalue weighted by molar-refractivity contribution is 5.86. The van der Waals surface area contributed by atoms with Gasteiger partial charge in [-0.2, -0.15) is 0 Å². The van der Waals surface area contributed by atoms with Gasteiger partial charge < -0.3 is 9.84 Å². The summed E-state index contributed by atoms with van der Waals surface area (Å²) in [6.45, 7) is 2.95. The Bertz CT molecular complexity index is 630. The molecule has 0 aliphatic rings. The third-order valence-electron chi connectivity index (χ3n) is 3.78. The van der Waals surface area contributed by atoms with E-state index < -0.39 is 5.97 Å². The van der Waals surface area contributed by atoms with E-state index in [4.69, 9.17) is 9.84 Å². The molecule has 0 unspecified atom stereocenters. The minimum absolute atomic E-state index is 0. The lowest BCUT2D eigenvalue weighted by Crippen LogP contribution is -2.00. The first kappa shape index (κ1) is 20.9. The molecule has 1 N–H and O–H groups in total. The van der Waals surface area contributed by atoms with Crippen LogP contribution in [0.1, 0.15) is 55.8 Å². The quantitative estimate of drug-likeness (QED) is 0.600. The Balaban J connectivity index is 0.00000312. The molecule has 1 aromatic heterocycles. The van der Waals surface area contributed by atoms with Gasteiger partial charge in [-0.25, -0.2) is 14.8 Å². The van der Waals surface area contributed by atoms with Crippen molar-refractivity contribution in [2.24, 2.45) is 0 Å². The van der Waals surface area contributed by atoms with Crippen LogP contribution in [-0.2, 0) is 0 Å². The Hall–Kier alpha value is -2.14. The molecule has 0 spiro atoms. The maximum absolute atomic E-state index is 10.8. The van der Waals surface area contributed by atoms with Crippen LogP contribution in [0.2, 0.25) is 0 Å². The van der Waals surface area contributed by atoms with Gasteiger partial charge in [0.05, 0.1) is 12.2 Å². The summed E-state index contributed by atoms with van der Waals surface area (Å²) in [6, 6.07) is 7.54. The van der Waals surface area contributed by atoms with Gasteiger partial charge in [-0.1, -0.05) is 39.0 Å². The lowest BCUT2D eigenvalue weighted by atomic mass is 10.1. The number of carbonyl (C=O) groups is 1. The second-order valence-corrected chi connectivity index (χ2v) is 5.74. The fourth-order valence-corrected chi connectivity index (χ4v) is 2.36. The van der Waals surface area contributed by atoms with Crippen LogP contribution in [0.4, 0.5) is 0 Å². The molecule has 2 rings (SSSR count). The molecule has 136 valence electrons. The number of hydrogen-bond acceptors (Lipinski definition) is 4. The van der Waals surface area contributed by atoms with E-state index in [1.54, 1.807) is 0 Å². The molecule has 0 aliphatic carbocycles. The predicted molar refractivity (Wildman–Crippen MR) is 101 cm³/mol. The van der Waals surface area contributed by atoms with Crippen LogP contribution in [0, 0.1) is 0 Å². The molecule has 0 atom stereocenters. The van der Waals surface area contributed by atoms with Crippen molar-refractivity contribution >= 4 is 18.4 Å². The van der Waals surface area contributed by atoms with E-state index in [1.165, 1.54) is 44.5 Å². The van der Waals surface area contributed by atoms with Crippen molar-refractivity contribution in [1.82, 2.24) is 9.97 Å². The van der Waals surface area contributed by atoms with Gasteiger partial charge in [0, 0.05) is 18.0 Å². The number of nitrogens with zero attached hydrogens (tertiary/aromatic N) is 2. The lowest BCUT2D eigenvalue weighted by Gasteiger charge is -2.07. The first-order valence-corrected chi connectivity index (χ1v) is 8.49. The molecule has 1 heterocycles. The minimum atomic E-state index is -1.03. The fourth-order valence-electron chi connectivity index (χ4n) is 2.36. The molecule has 0 radical (unpaired) electrons. The molecule has 6 heteroatoms. The number of benzene rings is 1. The van der Waals surface area contributed by atoms with Crippen molar-refractivity contribution in [3.63, 3.8) is 0 Å². The van der Waals surface area contributed by atoms with Crippen LogP contribution in [0.25, 0.3) is 11.4 Å². The average molecular weight is 365 g/mol. The summed E-state index contributed by atoms with van der Waals surface area (Å²) in [5.74, 6) is 0.303. The van der Waals surface area contributed by atoms with Gasteiger partial charge >= 0.3 is 5.97 Å². The largest absolute Gasteiger partial charge is 0.494 e. The van der Waals surface area contributed by atoms with E-state index in [-0.39, 0.29) is 18.0 Å². The number of hydrogen-bond donors (Lipinski definition) is 1. The van der Waals surface area contributed by atoms with Crippen LogP contribution >= 0.6 is 12.4 Å². The smallest absolute Gasteiger partial charge is 0.338 e. The van der Waals surface area contributed by atoms with E-state index in [0.717, 1.165) is 24.3 Å². The number of aromatic nitrogens is 2. The SMILES string of the molecule is CCCCCCCCOc1ccc(-c2ncc(C(=O)O)cn2)cc1.Cl. The Kier molecular flexibility index (Phi) is 9.55. The zero-order chi connectivity index (χ0) is 17.2. The summed E-state index contributed by atoms with van der Waals surface area (Å²) >= 11 is 0. The van der Waals surface area contributed by atoms with E-state index >= 15 is 0 Å². The van der Waals surface area contributed by atoms with E-state index in [9.17, 15) is 4.79 Å². The first-order valence-electron chi connectivity index (χ1n) is 8.49. The van der Waals surface area contributed by atoms with Gasteiger partial charge in [0.2, 0.25) is 0 Å². The van der Waals surface area contributed by atoms with Gasteiger partial charge in [-0.05, 0) is 30.7 Å². The minimum Gasteiger partial charge on any atom is -0.494 e. The maximum Gasteiger partial charge on any atom is 0.338 e.